The third-order valence-electron chi connectivity index (χ3n) is 4.06. The molecule has 5 heteroatoms. The van der Waals surface area contributed by atoms with Crippen LogP contribution >= 0.6 is 0 Å². The number of rotatable bonds is 3. The summed E-state index contributed by atoms with van der Waals surface area (Å²) in [5.74, 6) is 4.12. The van der Waals surface area contributed by atoms with Crippen molar-refractivity contribution in [2.24, 2.45) is 5.41 Å². The lowest BCUT2D eigenvalue weighted by atomic mass is 9.93. The van der Waals surface area contributed by atoms with Crippen LogP contribution in [-0.2, 0) is 11.3 Å². The van der Waals surface area contributed by atoms with E-state index in [2.05, 4.69) is 22.1 Å². The Morgan fingerprint density at radius 1 is 1.39 bits per heavy atom. The van der Waals surface area contributed by atoms with E-state index in [4.69, 9.17) is 5.11 Å². The minimum atomic E-state index is -1.21. The van der Waals surface area contributed by atoms with Crippen LogP contribution in [0, 0.1) is 30.0 Å². The lowest BCUT2D eigenvalue weighted by Gasteiger charge is -2.27. The first-order valence-electron chi connectivity index (χ1n) is 7.79. The lowest BCUT2D eigenvalue weighted by Crippen LogP contribution is -2.43. The van der Waals surface area contributed by atoms with E-state index in [-0.39, 0.29) is 5.82 Å². The Balaban J connectivity index is 2.34. The summed E-state index contributed by atoms with van der Waals surface area (Å²) in [7, 11) is 0. The van der Waals surface area contributed by atoms with Gasteiger partial charge in [-0.15, -0.1) is 0 Å². The van der Waals surface area contributed by atoms with Gasteiger partial charge in [0.25, 0.3) is 0 Å². The fourth-order valence-corrected chi connectivity index (χ4v) is 2.37. The van der Waals surface area contributed by atoms with Crippen molar-refractivity contribution in [3.8, 4) is 11.8 Å². The number of carboxylic acid groups (broad SMARTS) is 1. The Kier molecular flexibility index (Phi) is 5.40. The second-order valence-corrected chi connectivity index (χ2v) is 6.44. The van der Waals surface area contributed by atoms with Crippen LogP contribution in [0.1, 0.15) is 30.5 Å². The number of aliphatic carboxylic acids is 1. The first-order chi connectivity index (χ1) is 10.8. The molecule has 0 saturated carbocycles. The lowest BCUT2D eigenvalue weighted by molar-refractivity contribution is -0.143. The topological polar surface area (TPSA) is 52.6 Å². The number of carbonyl (C=O) groups is 1. The summed E-state index contributed by atoms with van der Waals surface area (Å²) in [5, 5.41) is 12.4. The van der Waals surface area contributed by atoms with Gasteiger partial charge >= 0.3 is 5.97 Å². The number of halogens is 1. The number of nitrogens with one attached hydrogen (secondary N) is 1. The summed E-state index contributed by atoms with van der Waals surface area (Å²) in [6.07, 6.45) is 0. The molecule has 0 aliphatic carbocycles. The molecule has 1 aromatic rings. The van der Waals surface area contributed by atoms with E-state index < -0.39 is 11.4 Å². The Bertz CT molecular complexity index is 653. The van der Waals surface area contributed by atoms with E-state index in [1.807, 2.05) is 6.07 Å². The Morgan fingerprint density at radius 3 is 2.65 bits per heavy atom. The van der Waals surface area contributed by atoms with E-state index in [9.17, 15) is 9.18 Å². The molecule has 1 aliphatic heterocycles. The van der Waals surface area contributed by atoms with Crippen molar-refractivity contribution in [3.05, 3.63) is 34.6 Å². The number of benzene rings is 1. The molecule has 124 valence electrons. The molecular formula is C18H23FN2O2. The van der Waals surface area contributed by atoms with Crippen LogP contribution in [0.3, 0.4) is 0 Å². The van der Waals surface area contributed by atoms with Gasteiger partial charge in [0, 0.05) is 32.7 Å². The molecule has 2 N–H and O–H groups in total. The molecule has 0 spiro atoms. The number of hydrogen-bond acceptors (Lipinski definition) is 3. The molecule has 0 aromatic heterocycles. The van der Waals surface area contributed by atoms with Crippen molar-refractivity contribution in [1.82, 2.24) is 10.2 Å². The molecule has 1 aliphatic rings. The van der Waals surface area contributed by atoms with E-state index in [0.717, 1.165) is 31.7 Å². The molecule has 1 aromatic carbocycles. The van der Waals surface area contributed by atoms with Crippen LogP contribution in [0.2, 0.25) is 0 Å². The first kappa shape index (κ1) is 17.5. The second-order valence-electron chi connectivity index (χ2n) is 6.44. The largest absolute Gasteiger partial charge is 0.480 e. The van der Waals surface area contributed by atoms with Crippen LogP contribution in [0.5, 0.6) is 0 Å². The molecular weight excluding hydrogens is 295 g/mol. The minimum absolute atomic E-state index is 0.317. The van der Waals surface area contributed by atoms with Gasteiger partial charge in [0.1, 0.15) is 11.2 Å². The average Bonchev–Trinajstić information content (AvgIpc) is 2.51. The zero-order chi connectivity index (χ0) is 17.0. The molecule has 0 radical (unpaired) electrons. The molecule has 2 rings (SSSR count). The third kappa shape index (κ3) is 4.31. The highest BCUT2D eigenvalue weighted by Crippen LogP contribution is 2.20. The highest BCUT2D eigenvalue weighted by atomic mass is 19.1. The summed E-state index contributed by atoms with van der Waals surface area (Å²) in [6.45, 7) is 9.00. The van der Waals surface area contributed by atoms with Crippen molar-refractivity contribution >= 4 is 5.97 Å². The Labute approximate surface area is 136 Å². The van der Waals surface area contributed by atoms with Crippen LogP contribution in [0.4, 0.5) is 4.39 Å². The van der Waals surface area contributed by atoms with Crippen molar-refractivity contribution in [2.75, 3.05) is 26.2 Å². The number of nitrogens with zero attached hydrogens (tertiary/aromatic N) is 1. The highest BCUT2D eigenvalue weighted by Gasteiger charge is 2.24. The van der Waals surface area contributed by atoms with Gasteiger partial charge in [0.2, 0.25) is 0 Å². The maximum Gasteiger partial charge on any atom is 0.321 e. The quantitative estimate of drug-likeness (QED) is 0.837. The van der Waals surface area contributed by atoms with E-state index in [1.165, 1.54) is 13.8 Å². The van der Waals surface area contributed by atoms with Crippen molar-refractivity contribution < 1.29 is 14.3 Å². The van der Waals surface area contributed by atoms with Gasteiger partial charge in [0.05, 0.1) is 5.56 Å². The van der Waals surface area contributed by atoms with Gasteiger partial charge < -0.3 is 10.4 Å². The number of carboxylic acids is 1. The summed E-state index contributed by atoms with van der Waals surface area (Å²) < 4.78 is 14.5. The molecule has 0 atom stereocenters. The monoisotopic (exact) mass is 318 g/mol. The molecule has 0 bridgehead atoms. The highest BCUT2D eigenvalue weighted by molar-refractivity contribution is 5.77. The number of aryl methyl sites for hydroxylation is 1. The smallest absolute Gasteiger partial charge is 0.321 e. The summed E-state index contributed by atoms with van der Waals surface area (Å²) in [5.41, 5.74) is 0.440. The van der Waals surface area contributed by atoms with Crippen molar-refractivity contribution in [3.63, 3.8) is 0 Å². The third-order valence-corrected chi connectivity index (χ3v) is 4.06. The zero-order valence-electron chi connectivity index (χ0n) is 13.9. The molecule has 23 heavy (non-hydrogen) atoms. The molecule has 1 heterocycles. The van der Waals surface area contributed by atoms with Crippen molar-refractivity contribution in [2.45, 2.75) is 27.3 Å². The summed E-state index contributed by atoms with van der Waals surface area (Å²) in [4.78, 5) is 13.4. The average molecular weight is 318 g/mol. The van der Waals surface area contributed by atoms with Gasteiger partial charge in [-0.2, -0.15) is 0 Å². The Morgan fingerprint density at radius 2 is 2.04 bits per heavy atom. The number of hydrogen-bond donors (Lipinski definition) is 2. The molecule has 0 unspecified atom stereocenters. The standard InChI is InChI=1S/C18H23FN2O2/c1-13-4-5-14(12-21-10-8-20-9-11-21)15(16(13)19)6-7-18(2,3)17(22)23/h4-5,20H,8-12H2,1-3H3,(H,22,23). The number of piperazine rings is 1. The van der Waals surface area contributed by atoms with E-state index in [1.54, 1.807) is 13.0 Å². The minimum Gasteiger partial charge on any atom is -0.480 e. The summed E-state index contributed by atoms with van der Waals surface area (Å²) >= 11 is 0. The molecule has 4 nitrogen and oxygen atoms in total. The fraction of sp³-hybridized carbons (Fsp3) is 0.500. The normalized spacial score (nSPS) is 15.8. The predicted octanol–water partition coefficient (Wildman–Crippen LogP) is 2.00. The fourth-order valence-electron chi connectivity index (χ4n) is 2.37. The second kappa shape index (κ2) is 7.12. The maximum absolute atomic E-state index is 14.5. The molecule has 1 saturated heterocycles. The molecule has 1 fully saturated rings. The maximum atomic E-state index is 14.5. The van der Waals surface area contributed by atoms with Gasteiger partial charge in [-0.1, -0.05) is 24.0 Å². The van der Waals surface area contributed by atoms with Crippen LogP contribution in [-0.4, -0.2) is 42.2 Å². The van der Waals surface area contributed by atoms with E-state index >= 15 is 0 Å². The van der Waals surface area contributed by atoms with Crippen LogP contribution in [0.15, 0.2) is 12.1 Å². The SMILES string of the molecule is Cc1ccc(CN2CCNCC2)c(C#CC(C)(C)C(=O)O)c1F. The zero-order valence-corrected chi connectivity index (χ0v) is 13.9. The predicted molar refractivity (Wildman–Crippen MR) is 87.6 cm³/mol. The van der Waals surface area contributed by atoms with Gasteiger partial charge in [0.15, 0.2) is 0 Å². The van der Waals surface area contributed by atoms with Gasteiger partial charge in [-0.25, -0.2) is 4.39 Å². The van der Waals surface area contributed by atoms with Crippen molar-refractivity contribution in [1.29, 1.82) is 0 Å². The van der Waals surface area contributed by atoms with Crippen LogP contribution < -0.4 is 5.32 Å². The van der Waals surface area contributed by atoms with Crippen LogP contribution in [0.25, 0.3) is 0 Å². The Hall–Kier alpha value is -1.90. The van der Waals surface area contributed by atoms with Gasteiger partial charge in [-0.3, -0.25) is 9.69 Å². The first-order valence-corrected chi connectivity index (χ1v) is 7.79. The molecule has 0 amide bonds. The summed E-state index contributed by atoms with van der Waals surface area (Å²) in [6, 6.07) is 3.64. The van der Waals surface area contributed by atoms with E-state index in [0.29, 0.717) is 17.7 Å². The van der Waals surface area contributed by atoms with Gasteiger partial charge in [-0.05, 0) is 31.9 Å².